The van der Waals surface area contributed by atoms with E-state index in [4.69, 9.17) is 9.97 Å². The van der Waals surface area contributed by atoms with E-state index >= 15 is 0 Å². The van der Waals surface area contributed by atoms with Gasteiger partial charge in [0.2, 0.25) is 5.95 Å². The summed E-state index contributed by atoms with van der Waals surface area (Å²) in [6.45, 7) is 2.46. The van der Waals surface area contributed by atoms with E-state index in [1.54, 1.807) is 11.3 Å². The van der Waals surface area contributed by atoms with Gasteiger partial charge in [0.1, 0.15) is 0 Å². The molecule has 13 rings (SSSR count). The molecule has 0 spiro atoms. The molecule has 4 aromatic heterocycles. The number of benzene rings is 6. The normalized spacial score (nSPS) is 19.5. The molecule has 3 atom stereocenters. The van der Waals surface area contributed by atoms with Crippen LogP contribution >= 0.6 is 11.3 Å². The smallest absolute Gasteiger partial charge is 0.235 e. The van der Waals surface area contributed by atoms with Crippen LogP contribution in [0.25, 0.3) is 86.8 Å². The van der Waals surface area contributed by atoms with Gasteiger partial charge >= 0.3 is 0 Å². The van der Waals surface area contributed by atoms with E-state index in [1.807, 2.05) is 0 Å². The summed E-state index contributed by atoms with van der Waals surface area (Å²) in [6, 6.07) is 50.9. The van der Waals surface area contributed by atoms with E-state index in [0.717, 1.165) is 51.0 Å². The molecule has 0 saturated heterocycles. The molecular formula is C50H36N4S. The molecule has 55 heavy (non-hydrogen) atoms. The third kappa shape index (κ3) is 4.65. The maximum atomic E-state index is 5.57. The second-order valence-corrected chi connectivity index (χ2v) is 16.9. The van der Waals surface area contributed by atoms with Crippen LogP contribution in [0.1, 0.15) is 38.2 Å². The molecule has 2 bridgehead atoms. The topological polar surface area (TPSA) is 35.6 Å². The van der Waals surface area contributed by atoms with Crippen molar-refractivity contribution in [2.24, 2.45) is 11.8 Å². The first-order valence-corrected chi connectivity index (χ1v) is 20.2. The van der Waals surface area contributed by atoms with Crippen molar-refractivity contribution in [1.82, 2.24) is 19.1 Å². The number of thiophene rings is 1. The number of rotatable bonds is 4. The molecule has 3 aliphatic rings. The standard InChI is InChI=1S/C50H36N4S/c1-50(29-31-21-22-32(30-50)24-23-31)34-12-10-11-33(27-34)46-48-47(39-16-5-9-20-45(39)55-48)52-49(51-46)54-43-19-8-4-15-38(43)40-28-35(25-26-44(40)54)53-41-17-6-2-13-36(41)37-14-3-7-18-42(37)53/h2-20,25-28,31-32H,21-22,29-30H2,1H3/t31-,32?,50?/m0/s1. The van der Waals surface area contributed by atoms with Gasteiger partial charge in [-0.25, -0.2) is 9.97 Å². The largest absolute Gasteiger partial charge is 0.309 e. The Morgan fingerprint density at radius 1 is 0.582 bits per heavy atom. The van der Waals surface area contributed by atoms with E-state index in [2.05, 4.69) is 167 Å². The monoisotopic (exact) mass is 724 g/mol. The first kappa shape index (κ1) is 31.2. The Bertz CT molecular complexity index is 3200. The van der Waals surface area contributed by atoms with Gasteiger partial charge in [-0.2, -0.15) is 0 Å². The van der Waals surface area contributed by atoms with Crippen molar-refractivity contribution in [3.8, 4) is 34.7 Å². The average molecular weight is 725 g/mol. The van der Waals surface area contributed by atoms with Gasteiger partial charge < -0.3 is 4.57 Å². The zero-order valence-corrected chi connectivity index (χ0v) is 31.3. The van der Waals surface area contributed by atoms with Crippen LogP contribution in [0.2, 0.25) is 0 Å². The Morgan fingerprint density at radius 2 is 1.18 bits per heavy atom. The molecule has 3 aliphatic carbocycles. The van der Waals surface area contributed by atoms with Crippen LogP contribution in [0, 0.1) is 23.7 Å². The molecule has 1 saturated carbocycles. The van der Waals surface area contributed by atoms with E-state index in [1.165, 1.54) is 61.1 Å². The maximum absolute atomic E-state index is 5.57. The van der Waals surface area contributed by atoms with Crippen molar-refractivity contribution in [3.05, 3.63) is 145 Å². The Morgan fingerprint density at radius 3 is 1.87 bits per heavy atom. The molecule has 6 aromatic carbocycles. The summed E-state index contributed by atoms with van der Waals surface area (Å²) >= 11 is 1.80. The first-order chi connectivity index (χ1) is 27.1. The highest BCUT2D eigenvalue weighted by atomic mass is 32.1. The van der Waals surface area contributed by atoms with Crippen molar-refractivity contribution in [2.75, 3.05) is 0 Å². The zero-order chi connectivity index (χ0) is 36.3. The molecule has 10 aromatic rings. The molecular weight excluding hydrogens is 689 g/mol. The predicted octanol–water partition coefficient (Wildman–Crippen LogP) is 12.8. The number of para-hydroxylation sites is 3. The number of aromatic nitrogens is 4. The SMILES string of the molecule is CC1(c2cccc(-c3nc(-n4c5ccccc5c5cc(-n6c7ccccc7c7ccccc76)ccc54)nc4c3sc3ccccc34)c2)CC2C#C[C@H](CC2)C1. The Hall–Kier alpha value is -6.22. The van der Waals surface area contributed by atoms with Crippen LogP contribution in [-0.4, -0.2) is 19.1 Å². The van der Waals surface area contributed by atoms with Gasteiger partial charge in [-0.05, 0) is 85.2 Å². The summed E-state index contributed by atoms with van der Waals surface area (Å²) in [5.41, 5.74) is 10.3. The molecule has 262 valence electrons. The van der Waals surface area contributed by atoms with Crippen molar-refractivity contribution in [2.45, 2.75) is 38.0 Å². The molecule has 5 heteroatoms. The van der Waals surface area contributed by atoms with Crippen LogP contribution in [0.15, 0.2) is 140 Å². The lowest BCUT2D eigenvalue weighted by Gasteiger charge is -2.31. The number of hydrogen-bond donors (Lipinski definition) is 0. The minimum Gasteiger partial charge on any atom is -0.309 e. The fourth-order valence-electron chi connectivity index (χ4n) is 9.93. The predicted molar refractivity (Wildman–Crippen MR) is 230 cm³/mol. The molecule has 0 N–H and O–H groups in total. The Balaban J connectivity index is 1.09. The Labute approximate surface area is 322 Å². The van der Waals surface area contributed by atoms with Gasteiger partial charge in [-0.15, -0.1) is 11.3 Å². The quantitative estimate of drug-likeness (QED) is 0.169. The van der Waals surface area contributed by atoms with Crippen LogP contribution in [0.4, 0.5) is 0 Å². The summed E-state index contributed by atoms with van der Waals surface area (Å²) in [7, 11) is 0. The number of nitrogens with zero attached hydrogens (tertiary/aromatic N) is 4. The second-order valence-electron chi connectivity index (χ2n) is 15.9. The Kier molecular flexibility index (Phi) is 6.59. The van der Waals surface area contributed by atoms with E-state index in [0.29, 0.717) is 17.8 Å². The van der Waals surface area contributed by atoms with E-state index < -0.39 is 0 Å². The highest BCUT2D eigenvalue weighted by Crippen LogP contribution is 2.46. The summed E-state index contributed by atoms with van der Waals surface area (Å²) in [5, 5.41) is 6.05. The minimum absolute atomic E-state index is 0.0639. The van der Waals surface area contributed by atoms with Gasteiger partial charge in [-0.1, -0.05) is 110 Å². The fourth-order valence-corrected chi connectivity index (χ4v) is 11.1. The molecule has 4 nitrogen and oxygen atoms in total. The number of hydrogen-bond acceptors (Lipinski definition) is 3. The highest BCUT2D eigenvalue weighted by Gasteiger charge is 2.37. The van der Waals surface area contributed by atoms with E-state index in [-0.39, 0.29) is 5.41 Å². The zero-order valence-electron chi connectivity index (χ0n) is 30.5. The van der Waals surface area contributed by atoms with E-state index in [9.17, 15) is 0 Å². The maximum Gasteiger partial charge on any atom is 0.235 e. The van der Waals surface area contributed by atoms with Crippen LogP contribution in [-0.2, 0) is 5.41 Å². The molecule has 1 fully saturated rings. The van der Waals surface area contributed by atoms with Crippen LogP contribution in [0.3, 0.4) is 0 Å². The summed E-state index contributed by atoms with van der Waals surface area (Å²) in [6.07, 6.45) is 4.68. The van der Waals surface area contributed by atoms with Crippen molar-refractivity contribution in [3.63, 3.8) is 0 Å². The summed E-state index contributed by atoms with van der Waals surface area (Å²) in [4.78, 5) is 11.0. The fraction of sp³-hybridized carbons (Fsp3) is 0.160. The molecule has 0 amide bonds. The summed E-state index contributed by atoms with van der Waals surface area (Å²) < 4.78 is 7.03. The van der Waals surface area contributed by atoms with Gasteiger partial charge in [0.05, 0.1) is 38.0 Å². The van der Waals surface area contributed by atoms with Crippen molar-refractivity contribution < 1.29 is 0 Å². The first-order valence-electron chi connectivity index (χ1n) is 19.4. The van der Waals surface area contributed by atoms with Gasteiger partial charge in [0.25, 0.3) is 0 Å². The van der Waals surface area contributed by atoms with Gasteiger partial charge in [-0.3, -0.25) is 4.57 Å². The minimum atomic E-state index is 0.0639. The molecule has 4 heterocycles. The molecule has 0 radical (unpaired) electrons. The van der Waals surface area contributed by atoms with Crippen LogP contribution in [0.5, 0.6) is 0 Å². The number of fused-ring (bicyclic) bond motifs is 12. The van der Waals surface area contributed by atoms with Crippen molar-refractivity contribution >= 4 is 75.3 Å². The lowest BCUT2D eigenvalue weighted by atomic mass is 9.73. The van der Waals surface area contributed by atoms with Gasteiger partial charge in [0, 0.05) is 54.7 Å². The summed E-state index contributed by atoms with van der Waals surface area (Å²) in [5.74, 6) is 8.86. The molecule has 0 aliphatic heterocycles. The lowest BCUT2D eigenvalue weighted by molar-refractivity contribution is 0.370. The lowest BCUT2D eigenvalue weighted by Crippen LogP contribution is -2.24. The average Bonchev–Trinajstić information content (AvgIpc) is 3.80. The third-order valence-electron chi connectivity index (χ3n) is 12.5. The molecule has 2 unspecified atom stereocenters. The third-order valence-corrected chi connectivity index (χ3v) is 13.7. The van der Waals surface area contributed by atoms with Crippen molar-refractivity contribution in [1.29, 1.82) is 0 Å². The second kappa shape index (κ2) is 11.6. The highest BCUT2D eigenvalue weighted by molar-refractivity contribution is 7.26. The van der Waals surface area contributed by atoms with Gasteiger partial charge in [0.15, 0.2) is 0 Å². The van der Waals surface area contributed by atoms with Crippen LogP contribution < -0.4 is 0 Å².